The Balaban J connectivity index is 0.00000144. The second-order valence-corrected chi connectivity index (χ2v) is 4.57. The van der Waals surface area contributed by atoms with Gasteiger partial charge in [0.25, 0.3) is 0 Å². The number of aromatic nitrogens is 2. The van der Waals surface area contributed by atoms with Crippen LogP contribution in [0.5, 0.6) is 0 Å². The van der Waals surface area contributed by atoms with Crippen LogP contribution in [0.25, 0.3) is 11.1 Å². The molecule has 0 atom stereocenters. The molecular weight excluding hydrogens is 391 g/mol. The molecule has 0 amide bonds. The predicted molar refractivity (Wildman–Crippen MR) is 67.5 cm³/mol. The molecule has 0 saturated heterocycles. The number of nitrogens with zero attached hydrogens (tertiary/aromatic N) is 2. The van der Waals surface area contributed by atoms with Gasteiger partial charge < -0.3 is 0 Å². The quantitative estimate of drug-likeness (QED) is 0.739. The van der Waals surface area contributed by atoms with Crippen LogP contribution in [0.4, 0.5) is 0 Å². The van der Waals surface area contributed by atoms with Crippen molar-refractivity contribution in [1.29, 1.82) is 0 Å². The second kappa shape index (κ2) is 5.64. The van der Waals surface area contributed by atoms with E-state index in [2.05, 4.69) is 57.2 Å². The SMILES string of the molecule is Cc1cccc(C)c1-c1cnn(C(C)C)c1.[Pt]. The molecule has 0 fully saturated rings. The molecule has 17 heavy (non-hydrogen) atoms. The number of rotatable bonds is 2. The van der Waals surface area contributed by atoms with Crippen molar-refractivity contribution in [3.05, 3.63) is 41.7 Å². The molecule has 2 rings (SSSR count). The topological polar surface area (TPSA) is 17.8 Å². The van der Waals surface area contributed by atoms with Gasteiger partial charge in [-0.25, -0.2) is 0 Å². The maximum absolute atomic E-state index is 4.39. The summed E-state index contributed by atoms with van der Waals surface area (Å²) in [5.41, 5.74) is 5.14. The van der Waals surface area contributed by atoms with Gasteiger partial charge in [-0.1, -0.05) is 18.2 Å². The summed E-state index contributed by atoms with van der Waals surface area (Å²) in [4.78, 5) is 0. The smallest absolute Gasteiger partial charge is 0.0568 e. The third-order valence-corrected chi connectivity index (χ3v) is 2.90. The summed E-state index contributed by atoms with van der Waals surface area (Å²) in [6.07, 6.45) is 4.08. The summed E-state index contributed by atoms with van der Waals surface area (Å²) < 4.78 is 2.00. The van der Waals surface area contributed by atoms with E-state index in [0.29, 0.717) is 6.04 Å². The third kappa shape index (κ3) is 2.87. The second-order valence-electron chi connectivity index (χ2n) is 4.57. The van der Waals surface area contributed by atoms with Crippen molar-refractivity contribution in [3.8, 4) is 11.1 Å². The minimum absolute atomic E-state index is 0. The van der Waals surface area contributed by atoms with E-state index >= 15 is 0 Å². The summed E-state index contributed by atoms with van der Waals surface area (Å²) >= 11 is 0. The molecule has 1 aromatic carbocycles. The molecule has 2 aromatic rings. The van der Waals surface area contributed by atoms with E-state index in [4.69, 9.17) is 0 Å². The van der Waals surface area contributed by atoms with Gasteiger partial charge in [-0.2, -0.15) is 5.10 Å². The van der Waals surface area contributed by atoms with Crippen molar-refractivity contribution in [2.45, 2.75) is 33.7 Å². The zero-order valence-corrected chi connectivity index (χ0v) is 12.9. The minimum Gasteiger partial charge on any atom is -0.270 e. The summed E-state index contributed by atoms with van der Waals surface area (Å²) in [6, 6.07) is 6.81. The van der Waals surface area contributed by atoms with E-state index in [0.717, 1.165) is 0 Å². The van der Waals surface area contributed by atoms with Crippen molar-refractivity contribution in [2.75, 3.05) is 0 Å². The Morgan fingerprint density at radius 1 is 1.12 bits per heavy atom. The van der Waals surface area contributed by atoms with Gasteiger partial charge in [0.05, 0.1) is 6.20 Å². The zero-order valence-electron chi connectivity index (χ0n) is 10.7. The van der Waals surface area contributed by atoms with Crippen LogP contribution >= 0.6 is 0 Å². The first-order valence-corrected chi connectivity index (χ1v) is 5.70. The van der Waals surface area contributed by atoms with Crippen LogP contribution in [-0.4, -0.2) is 9.78 Å². The van der Waals surface area contributed by atoms with Crippen LogP contribution in [0, 0.1) is 13.8 Å². The Morgan fingerprint density at radius 2 is 1.71 bits per heavy atom. The first kappa shape index (κ1) is 14.2. The van der Waals surface area contributed by atoms with Crippen LogP contribution in [-0.2, 0) is 21.1 Å². The Kier molecular flexibility index (Phi) is 4.70. The number of hydrogen-bond donors (Lipinski definition) is 0. The first-order valence-electron chi connectivity index (χ1n) is 5.70. The first-order chi connectivity index (χ1) is 7.59. The van der Waals surface area contributed by atoms with Gasteiger partial charge >= 0.3 is 0 Å². The Bertz CT molecular complexity index is 480. The molecule has 0 bridgehead atoms. The van der Waals surface area contributed by atoms with Gasteiger partial charge in [0.2, 0.25) is 0 Å². The van der Waals surface area contributed by atoms with E-state index in [1.807, 2.05) is 10.9 Å². The average Bonchev–Trinajstić information content (AvgIpc) is 2.66. The van der Waals surface area contributed by atoms with Crippen molar-refractivity contribution >= 4 is 0 Å². The van der Waals surface area contributed by atoms with Crippen molar-refractivity contribution in [1.82, 2.24) is 9.78 Å². The van der Waals surface area contributed by atoms with Gasteiger partial charge in [-0.15, -0.1) is 0 Å². The van der Waals surface area contributed by atoms with Gasteiger partial charge in [-0.05, 0) is 44.4 Å². The van der Waals surface area contributed by atoms with Crippen molar-refractivity contribution in [2.24, 2.45) is 0 Å². The average molecular weight is 409 g/mol. The summed E-state index contributed by atoms with van der Waals surface area (Å²) in [5.74, 6) is 0. The van der Waals surface area contributed by atoms with Crippen LogP contribution in [0.1, 0.15) is 31.0 Å². The van der Waals surface area contributed by atoms with Crippen molar-refractivity contribution in [3.63, 3.8) is 0 Å². The normalized spacial score (nSPS) is 10.4. The Hall–Kier alpha value is -0.882. The summed E-state index contributed by atoms with van der Waals surface area (Å²) in [7, 11) is 0. The monoisotopic (exact) mass is 409 g/mol. The van der Waals surface area contributed by atoms with Gasteiger partial charge in [-0.3, -0.25) is 4.68 Å². The standard InChI is InChI=1S/C14H18N2.Pt/c1-10(2)16-9-13(8-15-16)14-11(3)6-5-7-12(14)4;/h5-10H,1-4H3;. The fourth-order valence-electron chi connectivity index (χ4n) is 2.02. The molecule has 3 heteroatoms. The van der Waals surface area contributed by atoms with Crippen LogP contribution < -0.4 is 0 Å². The van der Waals surface area contributed by atoms with Gasteiger partial charge in [0.1, 0.15) is 0 Å². The Labute approximate surface area is 117 Å². The summed E-state index contributed by atoms with van der Waals surface area (Å²) in [6.45, 7) is 8.58. The molecular formula is C14H18N2Pt. The van der Waals surface area contributed by atoms with E-state index in [1.54, 1.807) is 0 Å². The van der Waals surface area contributed by atoms with E-state index in [9.17, 15) is 0 Å². The molecule has 0 aliphatic rings. The maximum Gasteiger partial charge on any atom is 0.0568 e. The maximum atomic E-state index is 4.39. The molecule has 0 N–H and O–H groups in total. The van der Waals surface area contributed by atoms with E-state index < -0.39 is 0 Å². The molecule has 0 radical (unpaired) electrons. The third-order valence-electron chi connectivity index (χ3n) is 2.90. The van der Waals surface area contributed by atoms with Gasteiger partial charge in [0.15, 0.2) is 0 Å². The molecule has 2 nitrogen and oxygen atoms in total. The predicted octanol–water partition coefficient (Wildman–Crippen LogP) is 3.75. The largest absolute Gasteiger partial charge is 0.270 e. The van der Waals surface area contributed by atoms with Crippen LogP contribution in [0.15, 0.2) is 30.6 Å². The molecule has 0 saturated carbocycles. The van der Waals surface area contributed by atoms with Gasteiger partial charge in [0, 0.05) is 38.9 Å². The molecule has 1 aromatic heterocycles. The van der Waals surface area contributed by atoms with Crippen LogP contribution in [0.2, 0.25) is 0 Å². The number of aryl methyl sites for hydroxylation is 2. The molecule has 0 spiro atoms. The molecule has 0 unspecified atom stereocenters. The zero-order chi connectivity index (χ0) is 11.7. The van der Waals surface area contributed by atoms with E-state index in [-0.39, 0.29) is 21.1 Å². The molecule has 1 heterocycles. The van der Waals surface area contributed by atoms with Crippen molar-refractivity contribution < 1.29 is 21.1 Å². The molecule has 94 valence electrons. The summed E-state index contributed by atoms with van der Waals surface area (Å²) in [5, 5.41) is 4.39. The number of hydrogen-bond acceptors (Lipinski definition) is 1. The Morgan fingerprint density at radius 3 is 2.18 bits per heavy atom. The molecule has 0 aliphatic carbocycles. The molecule has 0 aliphatic heterocycles. The van der Waals surface area contributed by atoms with Crippen LogP contribution in [0.3, 0.4) is 0 Å². The van der Waals surface area contributed by atoms with E-state index in [1.165, 1.54) is 22.3 Å². The minimum atomic E-state index is 0. The fraction of sp³-hybridized carbons (Fsp3) is 0.357. The fourth-order valence-corrected chi connectivity index (χ4v) is 2.02. The number of benzene rings is 1.